The first-order valence-electron chi connectivity index (χ1n) is 7.27. The zero-order chi connectivity index (χ0) is 16.9. The van der Waals surface area contributed by atoms with Crippen molar-refractivity contribution in [3.05, 3.63) is 60.5 Å². The predicted molar refractivity (Wildman–Crippen MR) is 88.8 cm³/mol. The lowest BCUT2D eigenvalue weighted by Crippen LogP contribution is -2.20. The van der Waals surface area contributed by atoms with Gasteiger partial charge in [-0.15, -0.1) is 0 Å². The number of fused-ring (bicyclic) bond motifs is 1. The maximum atomic E-state index is 13.4. The van der Waals surface area contributed by atoms with Crippen LogP contribution in [0.25, 0.3) is 10.9 Å². The van der Waals surface area contributed by atoms with Gasteiger partial charge in [0.2, 0.25) is 0 Å². The van der Waals surface area contributed by atoms with E-state index in [1.807, 2.05) is 0 Å². The summed E-state index contributed by atoms with van der Waals surface area (Å²) in [7, 11) is 1.57. The van der Waals surface area contributed by atoms with Crippen LogP contribution in [0.3, 0.4) is 0 Å². The molecule has 0 unspecified atom stereocenters. The molecule has 1 N–H and O–H groups in total. The SMILES string of the molecule is COc1ccc(OCC(=O)Nc2ccnc3ccc(F)cc23)cc1. The number of carbonyl (C=O) groups is 1. The number of hydrogen-bond donors (Lipinski definition) is 1. The Kier molecular flexibility index (Phi) is 4.56. The van der Waals surface area contributed by atoms with Crippen molar-refractivity contribution in [2.75, 3.05) is 19.0 Å². The van der Waals surface area contributed by atoms with Crippen molar-refractivity contribution in [1.82, 2.24) is 4.98 Å². The molecule has 0 atom stereocenters. The number of ether oxygens (including phenoxy) is 2. The van der Waals surface area contributed by atoms with Gasteiger partial charge >= 0.3 is 0 Å². The standard InChI is InChI=1S/C18H15FN2O3/c1-23-13-3-5-14(6-4-13)24-11-18(22)21-17-8-9-20-16-7-2-12(19)10-15(16)17/h2-10H,11H2,1H3,(H,20,21,22). The third kappa shape index (κ3) is 3.60. The van der Waals surface area contributed by atoms with Gasteiger partial charge in [0.1, 0.15) is 17.3 Å². The van der Waals surface area contributed by atoms with Crippen LogP contribution >= 0.6 is 0 Å². The average Bonchev–Trinajstić information content (AvgIpc) is 2.61. The normalized spacial score (nSPS) is 10.4. The van der Waals surface area contributed by atoms with Crippen molar-refractivity contribution in [1.29, 1.82) is 0 Å². The van der Waals surface area contributed by atoms with Crippen molar-refractivity contribution < 1.29 is 18.7 Å². The highest BCUT2D eigenvalue weighted by molar-refractivity contribution is 6.01. The lowest BCUT2D eigenvalue weighted by atomic mass is 10.2. The number of rotatable bonds is 5. The van der Waals surface area contributed by atoms with E-state index in [1.54, 1.807) is 49.7 Å². The molecule has 1 amide bonds. The third-order valence-electron chi connectivity index (χ3n) is 3.41. The topological polar surface area (TPSA) is 60.5 Å². The molecule has 0 aliphatic carbocycles. The van der Waals surface area contributed by atoms with E-state index in [2.05, 4.69) is 10.3 Å². The first kappa shape index (κ1) is 15.7. The van der Waals surface area contributed by atoms with E-state index in [9.17, 15) is 9.18 Å². The summed E-state index contributed by atoms with van der Waals surface area (Å²) in [6.07, 6.45) is 1.56. The maximum absolute atomic E-state index is 13.4. The summed E-state index contributed by atoms with van der Waals surface area (Å²) >= 11 is 0. The van der Waals surface area contributed by atoms with E-state index < -0.39 is 0 Å². The van der Waals surface area contributed by atoms with Gasteiger partial charge in [0.25, 0.3) is 5.91 Å². The molecule has 0 aliphatic rings. The molecule has 5 nitrogen and oxygen atoms in total. The maximum Gasteiger partial charge on any atom is 0.262 e. The first-order valence-corrected chi connectivity index (χ1v) is 7.27. The zero-order valence-corrected chi connectivity index (χ0v) is 13.0. The van der Waals surface area contributed by atoms with E-state index in [-0.39, 0.29) is 18.3 Å². The van der Waals surface area contributed by atoms with Crippen LogP contribution in [0, 0.1) is 5.82 Å². The number of hydrogen-bond acceptors (Lipinski definition) is 4. The number of methoxy groups -OCH3 is 1. The fourth-order valence-corrected chi connectivity index (χ4v) is 2.23. The molecular formula is C18H15FN2O3. The van der Waals surface area contributed by atoms with Gasteiger partial charge in [-0.3, -0.25) is 9.78 Å². The molecule has 0 fully saturated rings. The van der Waals surface area contributed by atoms with Crippen LogP contribution in [0.2, 0.25) is 0 Å². The van der Waals surface area contributed by atoms with E-state index >= 15 is 0 Å². The molecule has 0 spiro atoms. The van der Waals surface area contributed by atoms with E-state index in [0.29, 0.717) is 28.1 Å². The van der Waals surface area contributed by atoms with Gasteiger partial charge in [-0.1, -0.05) is 0 Å². The van der Waals surface area contributed by atoms with Crippen LogP contribution in [0.1, 0.15) is 0 Å². The van der Waals surface area contributed by atoms with Gasteiger partial charge in [0.15, 0.2) is 6.61 Å². The lowest BCUT2D eigenvalue weighted by molar-refractivity contribution is -0.118. The summed E-state index contributed by atoms with van der Waals surface area (Å²) in [5.74, 6) is 0.525. The van der Waals surface area contributed by atoms with Gasteiger partial charge in [-0.05, 0) is 48.5 Å². The number of anilines is 1. The van der Waals surface area contributed by atoms with E-state index in [1.165, 1.54) is 12.1 Å². The molecule has 0 aliphatic heterocycles. The van der Waals surface area contributed by atoms with E-state index in [0.717, 1.165) is 0 Å². The number of amides is 1. The quantitative estimate of drug-likeness (QED) is 0.780. The molecule has 1 aromatic heterocycles. The fourth-order valence-electron chi connectivity index (χ4n) is 2.23. The lowest BCUT2D eigenvalue weighted by Gasteiger charge is -2.10. The largest absolute Gasteiger partial charge is 0.497 e. The van der Waals surface area contributed by atoms with Crippen molar-refractivity contribution in [3.63, 3.8) is 0 Å². The second-order valence-corrected chi connectivity index (χ2v) is 5.03. The predicted octanol–water partition coefficient (Wildman–Crippen LogP) is 3.40. The Bertz CT molecular complexity index is 866. The minimum absolute atomic E-state index is 0.161. The Hall–Kier alpha value is -3.15. The van der Waals surface area contributed by atoms with Crippen LogP contribution in [0.15, 0.2) is 54.7 Å². The Morgan fingerprint density at radius 2 is 1.88 bits per heavy atom. The summed E-state index contributed by atoms with van der Waals surface area (Å²) in [4.78, 5) is 16.2. The number of carbonyl (C=O) groups excluding carboxylic acids is 1. The third-order valence-corrected chi connectivity index (χ3v) is 3.41. The van der Waals surface area contributed by atoms with Crippen molar-refractivity contribution in [2.24, 2.45) is 0 Å². The van der Waals surface area contributed by atoms with Crippen molar-refractivity contribution in [3.8, 4) is 11.5 Å². The number of aromatic nitrogens is 1. The first-order chi connectivity index (χ1) is 11.7. The zero-order valence-electron chi connectivity index (χ0n) is 13.0. The molecule has 24 heavy (non-hydrogen) atoms. The smallest absolute Gasteiger partial charge is 0.262 e. The highest BCUT2D eigenvalue weighted by Crippen LogP contribution is 2.22. The highest BCUT2D eigenvalue weighted by atomic mass is 19.1. The molecule has 0 bridgehead atoms. The Morgan fingerprint density at radius 1 is 1.12 bits per heavy atom. The molecule has 122 valence electrons. The van der Waals surface area contributed by atoms with Crippen LogP contribution in [0.4, 0.5) is 10.1 Å². The number of nitrogens with one attached hydrogen (secondary N) is 1. The summed E-state index contributed by atoms with van der Waals surface area (Å²) in [5.41, 5.74) is 1.09. The summed E-state index contributed by atoms with van der Waals surface area (Å²) < 4.78 is 23.9. The molecule has 0 radical (unpaired) electrons. The molecular weight excluding hydrogens is 311 g/mol. The monoisotopic (exact) mass is 326 g/mol. The molecule has 3 rings (SSSR count). The Balaban J connectivity index is 1.67. The Morgan fingerprint density at radius 3 is 2.62 bits per heavy atom. The number of halogens is 1. The van der Waals surface area contributed by atoms with Crippen LogP contribution in [-0.4, -0.2) is 24.6 Å². The molecule has 0 saturated carbocycles. The van der Waals surface area contributed by atoms with Gasteiger partial charge in [0, 0.05) is 11.6 Å². The molecule has 6 heteroatoms. The summed E-state index contributed by atoms with van der Waals surface area (Å²) in [6, 6.07) is 12.8. The number of nitrogens with zero attached hydrogens (tertiary/aromatic N) is 1. The number of pyridine rings is 1. The summed E-state index contributed by atoms with van der Waals surface area (Å²) in [6.45, 7) is -0.161. The Labute approximate surface area is 138 Å². The fraction of sp³-hybridized carbons (Fsp3) is 0.111. The minimum Gasteiger partial charge on any atom is -0.497 e. The molecule has 0 saturated heterocycles. The highest BCUT2D eigenvalue weighted by Gasteiger charge is 2.08. The van der Waals surface area contributed by atoms with Gasteiger partial charge in [-0.25, -0.2) is 4.39 Å². The molecule has 3 aromatic rings. The van der Waals surface area contributed by atoms with E-state index in [4.69, 9.17) is 9.47 Å². The molecule has 2 aromatic carbocycles. The minimum atomic E-state index is -0.388. The van der Waals surface area contributed by atoms with Crippen LogP contribution in [0.5, 0.6) is 11.5 Å². The van der Waals surface area contributed by atoms with Gasteiger partial charge in [0.05, 0.1) is 18.3 Å². The average molecular weight is 326 g/mol. The summed E-state index contributed by atoms with van der Waals surface area (Å²) in [5, 5.41) is 3.25. The second kappa shape index (κ2) is 6.95. The number of benzene rings is 2. The van der Waals surface area contributed by atoms with Crippen LogP contribution in [-0.2, 0) is 4.79 Å². The van der Waals surface area contributed by atoms with Crippen molar-refractivity contribution in [2.45, 2.75) is 0 Å². The molecule has 1 heterocycles. The van der Waals surface area contributed by atoms with Gasteiger partial charge in [-0.2, -0.15) is 0 Å². The van der Waals surface area contributed by atoms with Crippen molar-refractivity contribution >= 4 is 22.5 Å². The second-order valence-electron chi connectivity index (χ2n) is 5.03. The van der Waals surface area contributed by atoms with Crippen LogP contribution < -0.4 is 14.8 Å². The van der Waals surface area contributed by atoms with Gasteiger partial charge < -0.3 is 14.8 Å².